The number of nitrogens with one attached hydrogen (secondary N) is 2. The Balaban J connectivity index is 0.00000484. The summed E-state index contributed by atoms with van der Waals surface area (Å²) in [6.07, 6.45) is 5.09. The first-order chi connectivity index (χ1) is 10.6. The molecule has 0 bridgehead atoms. The normalized spacial score (nSPS) is 11.5. The van der Waals surface area contributed by atoms with Crippen LogP contribution in [-0.4, -0.2) is 55.6 Å². The average Bonchev–Trinajstić information content (AvgIpc) is 2.53. The maximum Gasteiger partial charge on any atom is 0.190 e. The lowest BCUT2D eigenvalue weighted by Crippen LogP contribution is -2.39. The monoisotopic (exact) mass is 433 g/mol. The molecule has 0 atom stereocenters. The molecule has 0 aliphatic carbocycles. The van der Waals surface area contributed by atoms with Gasteiger partial charge in [-0.1, -0.05) is 6.07 Å². The highest BCUT2D eigenvalue weighted by molar-refractivity contribution is 14.0. The second-order valence-electron chi connectivity index (χ2n) is 5.78. The lowest BCUT2D eigenvalue weighted by molar-refractivity contribution is 0.268. The van der Waals surface area contributed by atoms with Gasteiger partial charge in [-0.15, -0.1) is 24.0 Å². The minimum Gasteiger partial charge on any atom is -0.356 e. The number of nitrogens with zero attached hydrogens (tertiary/aromatic N) is 3. The SMILES string of the molecule is CN=C(NCCCCN(C)C(C)C)NCCc1ccccn1.I. The molecule has 1 aromatic heterocycles. The number of halogens is 1. The van der Waals surface area contributed by atoms with Gasteiger partial charge in [-0.05, 0) is 52.4 Å². The van der Waals surface area contributed by atoms with E-state index >= 15 is 0 Å². The second kappa shape index (κ2) is 13.5. The first kappa shape index (κ1) is 22.1. The summed E-state index contributed by atoms with van der Waals surface area (Å²) in [5, 5.41) is 6.68. The van der Waals surface area contributed by atoms with Crippen molar-refractivity contribution >= 4 is 29.9 Å². The average molecular weight is 433 g/mol. The highest BCUT2D eigenvalue weighted by Crippen LogP contribution is 1.97. The fourth-order valence-corrected chi connectivity index (χ4v) is 2.03. The van der Waals surface area contributed by atoms with Crippen LogP contribution in [0.4, 0.5) is 0 Å². The van der Waals surface area contributed by atoms with Crippen molar-refractivity contribution in [1.82, 2.24) is 20.5 Å². The first-order valence-corrected chi connectivity index (χ1v) is 8.18. The van der Waals surface area contributed by atoms with Crippen molar-refractivity contribution in [3.05, 3.63) is 30.1 Å². The molecule has 0 unspecified atom stereocenters. The Morgan fingerprint density at radius 3 is 2.57 bits per heavy atom. The Hall–Kier alpha value is -0.890. The summed E-state index contributed by atoms with van der Waals surface area (Å²) in [5.74, 6) is 0.869. The molecule has 1 rings (SSSR count). The van der Waals surface area contributed by atoms with Gasteiger partial charge in [0.25, 0.3) is 0 Å². The Bertz CT molecular complexity index is 422. The topological polar surface area (TPSA) is 52.6 Å². The van der Waals surface area contributed by atoms with Gasteiger partial charge in [-0.3, -0.25) is 9.98 Å². The van der Waals surface area contributed by atoms with Gasteiger partial charge in [0.1, 0.15) is 0 Å². The second-order valence-corrected chi connectivity index (χ2v) is 5.78. The lowest BCUT2D eigenvalue weighted by Gasteiger charge is -2.20. The first-order valence-electron chi connectivity index (χ1n) is 8.18. The summed E-state index contributed by atoms with van der Waals surface area (Å²) >= 11 is 0. The van der Waals surface area contributed by atoms with Crippen LogP contribution in [0.2, 0.25) is 0 Å². The summed E-state index contributed by atoms with van der Waals surface area (Å²) < 4.78 is 0. The fourth-order valence-electron chi connectivity index (χ4n) is 2.03. The highest BCUT2D eigenvalue weighted by atomic mass is 127. The fraction of sp³-hybridized carbons (Fsp3) is 0.647. The number of aromatic nitrogens is 1. The largest absolute Gasteiger partial charge is 0.356 e. The van der Waals surface area contributed by atoms with Crippen molar-refractivity contribution in [2.75, 3.05) is 33.7 Å². The Morgan fingerprint density at radius 1 is 1.22 bits per heavy atom. The summed E-state index contributed by atoms with van der Waals surface area (Å²) in [6.45, 7) is 7.39. The molecule has 0 saturated carbocycles. The van der Waals surface area contributed by atoms with Gasteiger partial charge in [0, 0.05) is 44.5 Å². The van der Waals surface area contributed by atoms with Crippen molar-refractivity contribution < 1.29 is 0 Å². The molecule has 23 heavy (non-hydrogen) atoms. The molecular formula is C17H32IN5. The third-order valence-electron chi connectivity index (χ3n) is 3.73. The van der Waals surface area contributed by atoms with Gasteiger partial charge in [-0.2, -0.15) is 0 Å². The maximum absolute atomic E-state index is 4.31. The van der Waals surface area contributed by atoms with Gasteiger partial charge in [0.05, 0.1) is 0 Å². The predicted octanol–water partition coefficient (Wildman–Crippen LogP) is 2.53. The van der Waals surface area contributed by atoms with E-state index in [0.29, 0.717) is 6.04 Å². The number of guanidine groups is 1. The third-order valence-corrected chi connectivity index (χ3v) is 3.73. The van der Waals surface area contributed by atoms with Crippen LogP contribution in [0.1, 0.15) is 32.4 Å². The number of rotatable bonds is 9. The number of hydrogen-bond acceptors (Lipinski definition) is 3. The van der Waals surface area contributed by atoms with E-state index in [2.05, 4.69) is 46.4 Å². The van der Waals surface area contributed by atoms with E-state index in [-0.39, 0.29) is 24.0 Å². The Morgan fingerprint density at radius 2 is 1.96 bits per heavy atom. The van der Waals surface area contributed by atoms with Crippen LogP contribution in [0.5, 0.6) is 0 Å². The highest BCUT2D eigenvalue weighted by Gasteiger charge is 2.02. The van der Waals surface area contributed by atoms with Gasteiger partial charge < -0.3 is 15.5 Å². The number of hydrogen-bond donors (Lipinski definition) is 2. The van der Waals surface area contributed by atoms with Crippen LogP contribution < -0.4 is 10.6 Å². The molecule has 5 nitrogen and oxygen atoms in total. The minimum absolute atomic E-state index is 0. The quantitative estimate of drug-likeness (QED) is 0.272. The number of aliphatic imine (C=N–C) groups is 1. The van der Waals surface area contributed by atoms with E-state index in [1.54, 1.807) is 0 Å². The zero-order chi connectivity index (χ0) is 16.2. The van der Waals surface area contributed by atoms with Crippen molar-refractivity contribution in [2.24, 2.45) is 4.99 Å². The zero-order valence-electron chi connectivity index (χ0n) is 14.9. The van der Waals surface area contributed by atoms with Gasteiger partial charge >= 0.3 is 0 Å². The molecule has 0 aliphatic rings. The van der Waals surface area contributed by atoms with Crippen LogP contribution in [-0.2, 0) is 6.42 Å². The molecule has 1 heterocycles. The number of unbranched alkanes of at least 4 members (excludes halogenated alkanes) is 1. The molecule has 2 N–H and O–H groups in total. The molecular weight excluding hydrogens is 401 g/mol. The molecule has 0 aliphatic heterocycles. The van der Waals surface area contributed by atoms with E-state index < -0.39 is 0 Å². The summed E-state index contributed by atoms with van der Waals surface area (Å²) in [6, 6.07) is 6.62. The lowest BCUT2D eigenvalue weighted by atomic mass is 10.2. The van der Waals surface area contributed by atoms with Crippen LogP contribution in [0, 0.1) is 0 Å². The standard InChI is InChI=1S/C17H31N5.HI/c1-15(2)22(4)14-8-7-12-20-17(18-3)21-13-10-16-9-5-6-11-19-16;/h5-6,9,11,15H,7-8,10,12-14H2,1-4H3,(H2,18,20,21);1H. The number of pyridine rings is 1. The van der Waals surface area contributed by atoms with Crippen molar-refractivity contribution in [2.45, 2.75) is 39.2 Å². The van der Waals surface area contributed by atoms with Gasteiger partial charge in [0.2, 0.25) is 0 Å². The smallest absolute Gasteiger partial charge is 0.190 e. The predicted molar refractivity (Wildman–Crippen MR) is 110 cm³/mol. The molecule has 132 valence electrons. The summed E-state index contributed by atoms with van der Waals surface area (Å²) in [5.41, 5.74) is 1.10. The molecule has 0 saturated heterocycles. The van der Waals surface area contributed by atoms with E-state index in [9.17, 15) is 0 Å². The van der Waals surface area contributed by atoms with Crippen molar-refractivity contribution in [3.8, 4) is 0 Å². The van der Waals surface area contributed by atoms with Crippen LogP contribution in [0.3, 0.4) is 0 Å². The molecule has 6 heteroatoms. The van der Waals surface area contributed by atoms with E-state index in [1.807, 2.05) is 31.4 Å². The van der Waals surface area contributed by atoms with E-state index in [4.69, 9.17) is 0 Å². The van der Waals surface area contributed by atoms with Gasteiger partial charge in [-0.25, -0.2) is 0 Å². The summed E-state index contributed by atoms with van der Waals surface area (Å²) in [7, 11) is 3.98. The molecule has 0 radical (unpaired) electrons. The van der Waals surface area contributed by atoms with Crippen LogP contribution in [0.15, 0.2) is 29.4 Å². The Labute approximate surface area is 158 Å². The van der Waals surface area contributed by atoms with Crippen molar-refractivity contribution in [3.63, 3.8) is 0 Å². The van der Waals surface area contributed by atoms with Crippen LogP contribution >= 0.6 is 24.0 Å². The zero-order valence-corrected chi connectivity index (χ0v) is 17.2. The van der Waals surface area contributed by atoms with Gasteiger partial charge in [0.15, 0.2) is 5.96 Å². The molecule has 0 aromatic carbocycles. The molecule has 1 aromatic rings. The maximum atomic E-state index is 4.31. The molecule has 0 spiro atoms. The third kappa shape index (κ3) is 10.5. The van der Waals surface area contributed by atoms with Crippen LogP contribution in [0.25, 0.3) is 0 Å². The van der Waals surface area contributed by atoms with E-state index in [0.717, 1.165) is 44.1 Å². The minimum atomic E-state index is 0. The summed E-state index contributed by atoms with van der Waals surface area (Å²) in [4.78, 5) is 10.9. The van der Waals surface area contributed by atoms with E-state index in [1.165, 1.54) is 6.42 Å². The molecule has 0 amide bonds. The van der Waals surface area contributed by atoms with Crippen molar-refractivity contribution in [1.29, 1.82) is 0 Å². The Kier molecular flexibility index (Phi) is 13.0. The molecule has 0 fully saturated rings.